The van der Waals surface area contributed by atoms with Gasteiger partial charge in [0.05, 0.1) is 12.7 Å². The zero-order valence-corrected chi connectivity index (χ0v) is 11.8. The first-order valence-corrected chi connectivity index (χ1v) is 7.09. The molecule has 0 bridgehead atoms. The summed E-state index contributed by atoms with van der Waals surface area (Å²) in [6.45, 7) is 8.46. The number of benzene rings is 1. The van der Waals surface area contributed by atoms with Crippen LogP contribution in [0.1, 0.15) is 31.4 Å². The molecule has 18 heavy (non-hydrogen) atoms. The average Bonchev–Trinajstić information content (AvgIpc) is 2.75. The fraction of sp³-hybridized carbons (Fsp3) is 0.625. The second-order valence-electron chi connectivity index (χ2n) is 5.50. The van der Waals surface area contributed by atoms with E-state index in [1.54, 1.807) is 0 Å². The summed E-state index contributed by atoms with van der Waals surface area (Å²) in [6, 6.07) is 9.38. The second kappa shape index (κ2) is 6.35. The lowest BCUT2D eigenvalue weighted by atomic mass is 9.91. The number of nitrogens with one attached hydrogen (secondary N) is 1. The molecule has 0 aromatic heterocycles. The lowest BCUT2D eigenvalue weighted by Crippen LogP contribution is -2.38. The number of ether oxygens (including phenoxy) is 1. The topological polar surface area (TPSA) is 21.3 Å². The lowest BCUT2D eigenvalue weighted by Gasteiger charge is -2.23. The van der Waals surface area contributed by atoms with Crippen LogP contribution < -0.4 is 5.32 Å². The Morgan fingerprint density at radius 2 is 2.28 bits per heavy atom. The summed E-state index contributed by atoms with van der Waals surface area (Å²) < 4.78 is 5.71. The Morgan fingerprint density at radius 3 is 2.89 bits per heavy atom. The highest BCUT2D eigenvalue weighted by molar-refractivity contribution is 5.23. The molecule has 2 rings (SSSR count). The molecular formula is C16H25NO. The van der Waals surface area contributed by atoms with Gasteiger partial charge in [0.25, 0.3) is 0 Å². The molecule has 1 N–H and O–H groups in total. The van der Waals surface area contributed by atoms with Crippen LogP contribution in [0.4, 0.5) is 0 Å². The first-order valence-electron chi connectivity index (χ1n) is 7.09. The zero-order valence-electron chi connectivity index (χ0n) is 11.8. The number of likely N-dealkylation sites (N-methyl/N-ethyl adjacent to an activating group) is 1. The Labute approximate surface area is 111 Å². The third-order valence-electron chi connectivity index (χ3n) is 3.80. The zero-order chi connectivity index (χ0) is 13.0. The molecule has 2 heteroatoms. The normalized spacial score (nSPS) is 25.3. The van der Waals surface area contributed by atoms with Crippen LogP contribution in [0.5, 0.6) is 0 Å². The van der Waals surface area contributed by atoms with Crippen LogP contribution in [0.2, 0.25) is 0 Å². The highest BCUT2D eigenvalue weighted by Gasteiger charge is 2.29. The third kappa shape index (κ3) is 3.56. The maximum atomic E-state index is 5.71. The van der Waals surface area contributed by atoms with Gasteiger partial charge >= 0.3 is 0 Å². The summed E-state index contributed by atoms with van der Waals surface area (Å²) in [5.74, 6) is 0.653. The summed E-state index contributed by atoms with van der Waals surface area (Å²) in [5, 5.41) is 3.63. The minimum Gasteiger partial charge on any atom is -0.378 e. The fourth-order valence-electron chi connectivity index (χ4n) is 2.89. The third-order valence-corrected chi connectivity index (χ3v) is 3.80. The molecule has 2 nitrogen and oxygen atoms in total. The molecule has 1 aromatic rings. The highest BCUT2D eigenvalue weighted by Crippen LogP contribution is 2.24. The highest BCUT2D eigenvalue weighted by atomic mass is 16.5. The monoisotopic (exact) mass is 247 g/mol. The van der Waals surface area contributed by atoms with Gasteiger partial charge in [-0.3, -0.25) is 0 Å². The molecule has 3 unspecified atom stereocenters. The standard InChI is InChI=1S/C16H25NO/c1-4-17-16(15-9-13(3)18-11-15)10-14-7-5-6-12(2)8-14/h5-8,13,15-17H,4,9-11H2,1-3H3. The van der Waals surface area contributed by atoms with Gasteiger partial charge in [-0.15, -0.1) is 0 Å². The van der Waals surface area contributed by atoms with Crippen molar-refractivity contribution in [2.45, 2.75) is 45.8 Å². The maximum Gasteiger partial charge on any atom is 0.0551 e. The van der Waals surface area contributed by atoms with Gasteiger partial charge in [-0.05, 0) is 38.8 Å². The Bertz CT molecular complexity index is 377. The molecule has 1 aromatic carbocycles. The van der Waals surface area contributed by atoms with E-state index in [4.69, 9.17) is 4.74 Å². The van der Waals surface area contributed by atoms with Gasteiger partial charge in [0.2, 0.25) is 0 Å². The van der Waals surface area contributed by atoms with Crippen LogP contribution in [-0.4, -0.2) is 25.3 Å². The molecule has 1 aliphatic heterocycles. The van der Waals surface area contributed by atoms with E-state index in [9.17, 15) is 0 Å². The van der Waals surface area contributed by atoms with Crippen molar-refractivity contribution in [2.24, 2.45) is 5.92 Å². The molecule has 100 valence electrons. The Kier molecular flexibility index (Phi) is 4.79. The number of aryl methyl sites for hydroxylation is 1. The molecule has 1 fully saturated rings. The van der Waals surface area contributed by atoms with E-state index in [1.165, 1.54) is 17.5 Å². The van der Waals surface area contributed by atoms with E-state index in [1.807, 2.05) is 0 Å². The van der Waals surface area contributed by atoms with Gasteiger partial charge in [-0.25, -0.2) is 0 Å². The van der Waals surface area contributed by atoms with Crippen molar-refractivity contribution in [3.8, 4) is 0 Å². The van der Waals surface area contributed by atoms with Gasteiger partial charge in [0.1, 0.15) is 0 Å². The van der Waals surface area contributed by atoms with Gasteiger partial charge in [-0.2, -0.15) is 0 Å². The molecule has 3 atom stereocenters. The summed E-state index contributed by atoms with van der Waals surface area (Å²) in [7, 11) is 0. The summed E-state index contributed by atoms with van der Waals surface area (Å²) in [6.07, 6.45) is 2.72. The molecule has 1 heterocycles. The van der Waals surface area contributed by atoms with E-state index >= 15 is 0 Å². The Hall–Kier alpha value is -0.860. The predicted octanol–water partition coefficient (Wildman–Crippen LogP) is 2.94. The van der Waals surface area contributed by atoms with E-state index in [-0.39, 0.29) is 0 Å². The molecule has 0 saturated carbocycles. The van der Waals surface area contributed by atoms with E-state index in [2.05, 4.69) is 50.4 Å². The van der Waals surface area contributed by atoms with Crippen LogP contribution in [0.15, 0.2) is 24.3 Å². The van der Waals surface area contributed by atoms with Gasteiger partial charge in [0.15, 0.2) is 0 Å². The van der Waals surface area contributed by atoms with Gasteiger partial charge in [0, 0.05) is 12.0 Å². The molecule has 1 aliphatic rings. The quantitative estimate of drug-likeness (QED) is 0.864. The summed E-state index contributed by atoms with van der Waals surface area (Å²) in [4.78, 5) is 0. The van der Waals surface area contributed by atoms with Crippen LogP contribution in [-0.2, 0) is 11.2 Å². The number of hydrogen-bond donors (Lipinski definition) is 1. The minimum absolute atomic E-state index is 0.425. The van der Waals surface area contributed by atoms with Crippen LogP contribution in [0, 0.1) is 12.8 Å². The summed E-state index contributed by atoms with van der Waals surface area (Å²) >= 11 is 0. The molecular weight excluding hydrogens is 222 g/mol. The summed E-state index contributed by atoms with van der Waals surface area (Å²) in [5.41, 5.74) is 2.78. The van der Waals surface area contributed by atoms with Crippen molar-refractivity contribution >= 4 is 0 Å². The first kappa shape index (κ1) is 13.6. The smallest absolute Gasteiger partial charge is 0.0551 e. The van der Waals surface area contributed by atoms with Crippen LogP contribution >= 0.6 is 0 Å². The van der Waals surface area contributed by atoms with Gasteiger partial charge < -0.3 is 10.1 Å². The maximum absolute atomic E-state index is 5.71. The van der Waals surface area contributed by atoms with Crippen molar-refractivity contribution < 1.29 is 4.74 Å². The van der Waals surface area contributed by atoms with Crippen LogP contribution in [0.3, 0.4) is 0 Å². The number of hydrogen-bond acceptors (Lipinski definition) is 2. The molecule has 0 spiro atoms. The van der Waals surface area contributed by atoms with Crippen molar-refractivity contribution in [2.75, 3.05) is 13.2 Å². The first-order chi connectivity index (χ1) is 8.69. The number of rotatable bonds is 5. The van der Waals surface area contributed by atoms with Crippen LogP contribution in [0.25, 0.3) is 0 Å². The molecule has 1 saturated heterocycles. The largest absolute Gasteiger partial charge is 0.378 e. The van der Waals surface area contributed by atoms with Crippen molar-refractivity contribution in [1.29, 1.82) is 0 Å². The van der Waals surface area contributed by atoms with E-state index in [0.29, 0.717) is 18.1 Å². The SMILES string of the molecule is CCNC(Cc1cccc(C)c1)C1COC(C)C1. The Morgan fingerprint density at radius 1 is 1.44 bits per heavy atom. The van der Waals surface area contributed by atoms with Gasteiger partial charge in [-0.1, -0.05) is 36.8 Å². The Balaban J connectivity index is 2.01. The minimum atomic E-state index is 0.425. The van der Waals surface area contributed by atoms with E-state index in [0.717, 1.165) is 19.6 Å². The molecule has 0 aliphatic carbocycles. The molecule has 0 radical (unpaired) electrons. The second-order valence-corrected chi connectivity index (χ2v) is 5.50. The van der Waals surface area contributed by atoms with E-state index < -0.39 is 0 Å². The molecule has 0 amide bonds. The fourth-order valence-corrected chi connectivity index (χ4v) is 2.89. The van der Waals surface area contributed by atoms with Crippen molar-refractivity contribution in [3.05, 3.63) is 35.4 Å². The predicted molar refractivity (Wildman–Crippen MR) is 75.9 cm³/mol. The lowest BCUT2D eigenvalue weighted by molar-refractivity contribution is 0.117. The van der Waals surface area contributed by atoms with Crippen molar-refractivity contribution in [1.82, 2.24) is 5.32 Å². The van der Waals surface area contributed by atoms with Crippen molar-refractivity contribution in [3.63, 3.8) is 0 Å². The average molecular weight is 247 g/mol.